The Morgan fingerprint density at radius 3 is 2.57 bits per heavy atom. The van der Waals surface area contributed by atoms with Crippen molar-refractivity contribution in [2.24, 2.45) is 22.7 Å². The van der Waals surface area contributed by atoms with Crippen LogP contribution in [0.25, 0.3) is 0 Å². The lowest BCUT2D eigenvalue weighted by Crippen LogP contribution is -2.49. The van der Waals surface area contributed by atoms with E-state index < -0.39 is 0 Å². The van der Waals surface area contributed by atoms with Gasteiger partial charge in [-0.05, 0) is 81.5 Å². The molecule has 0 aromatic rings. The lowest BCUT2D eigenvalue weighted by Gasteiger charge is -2.58. The number of fused-ring (bicyclic) bond motifs is 1. The second-order valence-corrected chi connectivity index (χ2v) is 9.97. The van der Waals surface area contributed by atoms with E-state index in [1.54, 1.807) is 0 Å². The fourth-order valence-corrected chi connectivity index (χ4v) is 6.06. The summed E-state index contributed by atoms with van der Waals surface area (Å²) < 4.78 is 5.14. The van der Waals surface area contributed by atoms with Gasteiger partial charge >= 0.3 is 5.97 Å². The van der Waals surface area contributed by atoms with Gasteiger partial charge in [-0.2, -0.15) is 0 Å². The summed E-state index contributed by atoms with van der Waals surface area (Å²) in [6.45, 7) is 18.5. The highest BCUT2D eigenvalue weighted by Gasteiger charge is 2.52. The van der Waals surface area contributed by atoms with E-state index in [1.165, 1.54) is 49.7 Å². The number of allylic oxidation sites excluding steroid dienone is 4. The van der Waals surface area contributed by atoms with Crippen LogP contribution in [0.5, 0.6) is 0 Å². The minimum Gasteiger partial charge on any atom is -0.463 e. The van der Waals surface area contributed by atoms with Crippen LogP contribution in [0.1, 0.15) is 92.9 Å². The Bertz CT molecular complexity index is 637. The molecule has 2 aliphatic carbocycles. The van der Waals surface area contributed by atoms with E-state index in [0.29, 0.717) is 29.8 Å². The monoisotopic (exact) mass is 386 g/mol. The van der Waals surface area contributed by atoms with Crippen LogP contribution in [0.2, 0.25) is 0 Å². The highest BCUT2D eigenvalue weighted by molar-refractivity contribution is 5.88. The highest BCUT2D eigenvalue weighted by atomic mass is 16.5. The standard InChI is InChI=1S/C26H42O2/c1-8-21(24(27)28-9-2)14-11-19(3)12-15-22-20(4)13-16-23-25(5,6)17-10-18-26(22,23)7/h11,14,22-23H,4,8-10,12-13,15-18H2,1-3,5-7H3/b19-11-,21-14+/t22-,23-,26+/m0/s1. The largest absolute Gasteiger partial charge is 0.463 e. The molecule has 2 heteroatoms. The molecule has 28 heavy (non-hydrogen) atoms. The molecule has 0 bridgehead atoms. The molecule has 0 unspecified atom stereocenters. The maximum Gasteiger partial charge on any atom is 0.333 e. The zero-order valence-electron chi connectivity index (χ0n) is 19.2. The summed E-state index contributed by atoms with van der Waals surface area (Å²) in [5, 5.41) is 0. The molecule has 0 aromatic heterocycles. The molecule has 0 N–H and O–H groups in total. The Balaban J connectivity index is 2.09. The summed E-state index contributed by atoms with van der Waals surface area (Å²) in [6, 6.07) is 0. The number of hydrogen-bond donors (Lipinski definition) is 0. The van der Waals surface area contributed by atoms with Crippen LogP contribution < -0.4 is 0 Å². The zero-order valence-corrected chi connectivity index (χ0v) is 19.2. The average Bonchev–Trinajstić information content (AvgIpc) is 2.61. The molecule has 158 valence electrons. The maximum absolute atomic E-state index is 12.0. The molecule has 0 radical (unpaired) electrons. The Hall–Kier alpha value is -1.31. The number of carbonyl (C=O) groups is 1. The van der Waals surface area contributed by atoms with Gasteiger partial charge in [0.15, 0.2) is 0 Å². The molecule has 0 heterocycles. The van der Waals surface area contributed by atoms with Crippen LogP contribution in [-0.4, -0.2) is 12.6 Å². The van der Waals surface area contributed by atoms with Crippen LogP contribution in [-0.2, 0) is 9.53 Å². The van der Waals surface area contributed by atoms with Crippen molar-refractivity contribution in [2.75, 3.05) is 6.61 Å². The number of hydrogen-bond acceptors (Lipinski definition) is 2. The number of rotatable bonds is 7. The third-order valence-electron chi connectivity index (χ3n) is 7.63. The van der Waals surface area contributed by atoms with Crippen molar-refractivity contribution >= 4 is 5.97 Å². The van der Waals surface area contributed by atoms with E-state index >= 15 is 0 Å². The summed E-state index contributed by atoms with van der Waals surface area (Å²) in [6.07, 6.45) is 13.6. The second kappa shape index (κ2) is 9.46. The summed E-state index contributed by atoms with van der Waals surface area (Å²) in [4.78, 5) is 12.0. The van der Waals surface area contributed by atoms with Gasteiger partial charge in [0.2, 0.25) is 0 Å². The van der Waals surface area contributed by atoms with Crippen molar-refractivity contribution in [2.45, 2.75) is 92.9 Å². The summed E-state index contributed by atoms with van der Waals surface area (Å²) in [7, 11) is 0. The lowest BCUT2D eigenvalue weighted by atomic mass is 9.47. The Morgan fingerprint density at radius 1 is 1.21 bits per heavy atom. The average molecular weight is 387 g/mol. The topological polar surface area (TPSA) is 26.3 Å². The molecule has 0 aromatic carbocycles. The van der Waals surface area contributed by atoms with Crippen molar-refractivity contribution < 1.29 is 9.53 Å². The van der Waals surface area contributed by atoms with Crippen molar-refractivity contribution in [1.82, 2.24) is 0 Å². The number of esters is 1. The van der Waals surface area contributed by atoms with Crippen molar-refractivity contribution in [3.05, 3.63) is 35.5 Å². The molecule has 0 amide bonds. The molecule has 2 nitrogen and oxygen atoms in total. The van der Waals surface area contributed by atoms with Gasteiger partial charge in [-0.15, -0.1) is 0 Å². The normalized spacial score (nSPS) is 30.7. The third kappa shape index (κ3) is 4.99. The van der Waals surface area contributed by atoms with Gasteiger partial charge < -0.3 is 4.74 Å². The van der Waals surface area contributed by atoms with Crippen LogP contribution in [0.4, 0.5) is 0 Å². The second-order valence-electron chi connectivity index (χ2n) is 9.97. The van der Waals surface area contributed by atoms with E-state index in [4.69, 9.17) is 4.74 Å². The molecule has 2 rings (SSSR count). The van der Waals surface area contributed by atoms with Gasteiger partial charge in [0.05, 0.1) is 6.61 Å². The van der Waals surface area contributed by atoms with Crippen molar-refractivity contribution in [1.29, 1.82) is 0 Å². The smallest absolute Gasteiger partial charge is 0.333 e. The van der Waals surface area contributed by atoms with E-state index in [1.807, 2.05) is 19.9 Å². The SMILES string of the molecule is C=C1CC[C@H]2C(C)(C)CCC[C@]2(C)[C@H]1CC/C(C)=C\C=C(/CC)C(=O)OCC. The van der Waals surface area contributed by atoms with Gasteiger partial charge in [0.1, 0.15) is 0 Å². The summed E-state index contributed by atoms with van der Waals surface area (Å²) in [5.74, 6) is 1.24. The molecular formula is C26H42O2. The van der Waals surface area contributed by atoms with Crippen LogP contribution in [0, 0.1) is 22.7 Å². The fraction of sp³-hybridized carbons (Fsp3) is 0.731. The first-order valence-electron chi connectivity index (χ1n) is 11.4. The van der Waals surface area contributed by atoms with Gasteiger partial charge in [-0.3, -0.25) is 0 Å². The molecule has 0 spiro atoms. The number of carbonyl (C=O) groups excluding carboxylic acids is 1. The molecule has 2 fully saturated rings. The quantitative estimate of drug-likeness (QED) is 0.197. The van der Waals surface area contributed by atoms with Crippen molar-refractivity contribution in [3.8, 4) is 0 Å². The van der Waals surface area contributed by atoms with Crippen molar-refractivity contribution in [3.63, 3.8) is 0 Å². The summed E-state index contributed by atoms with van der Waals surface area (Å²) in [5.41, 5.74) is 4.41. The van der Waals surface area contributed by atoms with Crippen LogP contribution in [0.3, 0.4) is 0 Å². The molecule has 2 aliphatic rings. The van der Waals surface area contributed by atoms with E-state index in [0.717, 1.165) is 17.9 Å². The first kappa shape index (κ1) is 23.0. The highest BCUT2D eigenvalue weighted by Crippen LogP contribution is 2.61. The number of ether oxygens (including phenoxy) is 1. The predicted molar refractivity (Wildman–Crippen MR) is 119 cm³/mol. The Kier molecular flexibility index (Phi) is 7.76. The third-order valence-corrected chi connectivity index (χ3v) is 7.63. The predicted octanol–water partition coefficient (Wildman–Crippen LogP) is 7.41. The van der Waals surface area contributed by atoms with Gasteiger partial charge in [-0.1, -0.05) is 64.0 Å². The first-order chi connectivity index (χ1) is 13.2. The van der Waals surface area contributed by atoms with E-state index in [-0.39, 0.29) is 5.97 Å². The van der Waals surface area contributed by atoms with E-state index in [2.05, 4.69) is 40.3 Å². The minimum absolute atomic E-state index is 0.186. The first-order valence-corrected chi connectivity index (χ1v) is 11.4. The fourth-order valence-electron chi connectivity index (χ4n) is 6.06. The Labute approximate surface area is 173 Å². The summed E-state index contributed by atoms with van der Waals surface area (Å²) >= 11 is 0. The minimum atomic E-state index is -0.186. The molecule has 2 saturated carbocycles. The van der Waals surface area contributed by atoms with Gasteiger partial charge in [0.25, 0.3) is 0 Å². The molecule has 0 saturated heterocycles. The van der Waals surface area contributed by atoms with Gasteiger partial charge in [-0.25, -0.2) is 4.79 Å². The van der Waals surface area contributed by atoms with Crippen LogP contribution >= 0.6 is 0 Å². The van der Waals surface area contributed by atoms with E-state index in [9.17, 15) is 4.79 Å². The van der Waals surface area contributed by atoms with Crippen LogP contribution in [0.15, 0.2) is 35.5 Å². The Morgan fingerprint density at radius 2 is 1.93 bits per heavy atom. The zero-order chi connectivity index (χ0) is 20.9. The maximum atomic E-state index is 12.0. The molecular weight excluding hydrogens is 344 g/mol. The molecule has 3 atom stereocenters. The van der Waals surface area contributed by atoms with Gasteiger partial charge in [0, 0.05) is 5.57 Å². The lowest BCUT2D eigenvalue weighted by molar-refractivity contribution is -0.138. The molecule has 0 aliphatic heterocycles.